The van der Waals surface area contributed by atoms with Crippen molar-refractivity contribution >= 4 is 33.8 Å². The molecule has 40 heavy (non-hydrogen) atoms. The molecule has 0 saturated carbocycles. The van der Waals surface area contributed by atoms with E-state index in [1.165, 1.54) is 11.1 Å². The number of anilines is 1. The molecule has 4 rings (SSSR count). The van der Waals surface area contributed by atoms with Crippen LogP contribution in [0.4, 0.5) is 5.69 Å². The Bertz CT molecular complexity index is 1290. The highest BCUT2D eigenvalue weighted by Gasteiger charge is 2.28. The molecule has 2 aromatic carbocycles. The molecule has 2 aromatic rings. The lowest BCUT2D eigenvalue weighted by Crippen LogP contribution is -2.36. The van der Waals surface area contributed by atoms with Crippen LogP contribution in [0.3, 0.4) is 0 Å². The zero-order chi connectivity index (χ0) is 28.6. The molecule has 8 heteroatoms. The van der Waals surface area contributed by atoms with Crippen molar-refractivity contribution in [3.05, 3.63) is 70.3 Å². The molecule has 5 atom stereocenters. The smallest absolute Gasteiger partial charge is 0.284 e. The van der Waals surface area contributed by atoms with Gasteiger partial charge in [-0.25, -0.2) is 0 Å². The van der Waals surface area contributed by atoms with Crippen molar-refractivity contribution in [3.8, 4) is 5.75 Å². The minimum Gasteiger partial charge on any atom is -0.491 e. The molecule has 2 heterocycles. The first-order valence-corrected chi connectivity index (χ1v) is 16.3. The fourth-order valence-corrected chi connectivity index (χ4v) is 7.15. The molecule has 0 radical (unpaired) electrons. The number of fused-ring (bicyclic) bond motifs is 2. The Kier molecular flexibility index (Phi) is 11.1. The van der Waals surface area contributed by atoms with E-state index in [2.05, 4.69) is 47.4 Å². The molecule has 0 saturated heterocycles. The largest absolute Gasteiger partial charge is 0.491 e. The summed E-state index contributed by atoms with van der Waals surface area (Å²) in [5.41, 5.74) is 3.74. The average Bonchev–Trinajstić information content (AvgIpc) is 2.95. The molecule has 2 aliphatic rings. The van der Waals surface area contributed by atoms with Gasteiger partial charge in [0, 0.05) is 47.1 Å². The van der Waals surface area contributed by atoms with E-state index in [0.29, 0.717) is 24.5 Å². The van der Waals surface area contributed by atoms with E-state index in [0.717, 1.165) is 55.1 Å². The van der Waals surface area contributed by atoms with Gasteiger partial charge in [0.15, 0.2) is 0 Å². The number of ether oxygens (including phenoxy) is 2. The van der Waals surface area contributed by atoms with E-state index in [-0.39, 0.29) is 23.9 Å². The zero-order valence-corrected chi connectivity index (χ0v) is 25.8. The molecule has 1 amide bonds. The maximum atomic E-state index is 13.2. The molecule has 6 nitrogen and oxygen atoms in total. The van der Waals surface area contributed by atoms with Gasteiger partial charge in [0.1, 0.15) is 5.75 Å². The number of amides is 1. The highest BCUT2D eigenvalue weighted by molar-refractivity contribution is 7.75. The summed E-state index contributed by atoms with van der Waals surface area (Å²) in [4.78, 5) is 15.5. The second-order valence-corrected chi connectivity index (χ2v) is 12.9. The molecule has 0 aliphatic carbocycles. The van der Waals surface area contributed by atoms with E-state index in [1.807, 2.05) is 25.1 Å². The Morgan fingerprint density at radius 1 is 1.15 bits per heavy atom. The van der Waals surface area contributed by atoms with E-state index in [4.69, 9.17) is 21.1 Å². The number of hydrogen-bond acceptors (Lipinski definition) is 5. The van der Waals surface area contributed by atoms with Crippen molar-refractivity contribution in [2.75, 3.05) is 30.9 Å². The molecule has 2 bridgehead atoms. The van der Waals surface area contributed by atoms with Crippen LogP contribution in [0.5, 0.6) is 5.75 Å². The Morgan fingerprint density at radius 3 is 2.75 bits per heavy atom. The topological polar surface area (TPSA) is 68.2 Å². The number of carbonyl (C=O) groups is 1. The quantitative estimate of drug-likeness (QED) is 0.299. The highest BCUT2D eigenvalue weighted by Crippen LogP contribution is 2.35. The molecular weight excluding hydrogens is 544 g/mol. The Morgan fingerprint density at radius 2 is 1.98 bits per heavy atom. The van der Waals surface area contributed by atoms with E-state index in [9.17, 15) is 9.00 Å². The van der Waals surface area contributed by atoms with Crippen LogP contribution in [0.15, 0.2) is 52.9 Å². The van der Waals surface area contributed by atoms with E-state index < -0.39 is 16.5 Å². The number of benzene rings is 2. The fraction of sp³-hybridized carbons (Fsp3) is 0.531. The third-order valence-electron chi connectivity index (χ3n) is 8.11. The maximum Gasteiger partial charge on any atom is 0.284 e. The first-order chi connectivity index (χ1) is 19.3. The molecule has 0 fully saturated rings. The first kappa shape index (κ1) is 30.6. The maximum absolute atomic E-state index is 13.2. The second-order valence-electron chi connectivity index (χ2n) is 11.2. The number of aryl methyl sites for hydroxylation is 1. The number of nitrogens with zero attached hydrogens (tertiary/aromatic N) is 2. The van der Waals surface area contributed by atoms with Crippen molar-refractivity contribution in [2.24, 2.45) is 22.1 Å². The van der Waals surface area contributed by atoms with Crippen molar-refractivity contribution in [3.63, 3.8) is 0 Å². The van der Waals surface area contributed by atoms with Gasteiger partial charge < -0.3 is 14.4 Å². The number of allylic oxidation sites excluding steroid dienone is 1. The van der Waals surface area contributed by atoms with Crippen molar-refractivity contribution in [2.45, 2.75) is 65.5 Å². The summed E-state index contributed by atoms with van der Waals surface area (Å²) in [6.07, 6.45) is 8.83. The lowest BCUT2D eigenvalue weighted by atomic mass is 9.85. The lowest BCUT2D eigenvalue weighted by molar-refractivity contribution is 0.0639. The van der Waals surface area contributed by atoms with Crippen LogP contribution < -0.4 is 9.64 Å². The summed E-state index contributed by atoms with van der Waals surface area (Å²) in [6.45, 7) is 8.51. The van der Waals surface area contributed by atoms with Crippen molar-refractivity contribution < 1.29 is 18.5 Å². The normalized spacial score (nSPS) is 27.9. The number of methoxy groups -OCH3 is 1. The van der Waals surface area contributed by atoms with Gasteiger partial charge in [-0.1, -0.05) is 57.0 Å². The minimum atomic E-state index is -2.01. The van der Waals surface area contributed by atoms with Gasteiger partial charge in [0.05, 0.1) is 18.4 Å². The third-order valence-corrected chi connectivity index (χ3v) is 9.69. The summed E-state index contributed by atoms with van der Waals surface area (Å²) < 4.78 is 29.2. The monoisotopic (exact) mass is 586 g/mol. The predicted molar refractivity (Wildman–Crippen MR) is 165 cm³/mol. The van der Waals surface area contributed by atoms with Crippen LogP contribution in [0.1, 0.15) is 67.9 Å². The Hall–Kier alpha value is -2.35. The molecule has 2 aliphatic heterocycles. The summed E-state index contributed by atoms with van der Waals surface area (Å²) in [5.74, 6) is 1.38. The number of carbonyl (C=O) groups excluding carboxylic acids is 1. The van der Waals surface area contributed by atoms with Crippen molar-refractivity contribution in [1.82, 2.24) is 0 Å². The molecular formula is C32H43ClN2O4S. The van der Waals surface area contributed by atoms with E-state index >= 15 is 0 Å². The average molecular weight is 587 g/mol. The molecule has 0 spiro atoms. The lowest BCUT2D eigenvalue weighted by Gasteiger charge is -2.35. The zero-order valence-electron chi connectivity index (χ0n) is 24.1. The molecule has 218 valence electrons. The number of thiol groups is 1. The van der Waals surface area contributed by atoms with Crippen LogP contribution in [0.25, 0.3) is 0 Å². The summed E-state index contributed by atoms with van der Waals surface area (Å²) in [5, 5.41) is 0.741. The summed E-state index contributed by atoms with van der Waals surface area (Å²) in [6, 6.07) is 11.6. The third kappa shape index (κ3) is 7.89. The Balaban J connectivity index is 1.85. The van der Waals surface area contributed by atoms with Crippen LogP contribution in [-0.4, -0.2) is 42.2 Å². The standard InChI is InChI=1S/C32H43ClN2O4S/c1-5-28-23(3)19-35-20-26-12-14-27(33)17-24(26)10-6-7-16-39-31-15-13-25(18-29(31)35)32(36)34-40(37)21-22(2)9-8-11-30(28)38-4/h8,11-15,17-18,22-23,28,30,40H,5-7,9-10,16,19-21H2,1-4H3/b11-8+/t22-,23-,28+,30-/m0/s1. The Labute approximate surface area is 246 Å². The SMILES string of the molecule is CC[C@H]1[C@@H](OC)/C=C/C[C@H](C)C/[SH](=O)=N\C(=O)c2ccc3c(c2)N(Cc2ccc(Cl)cc2CCCCO3)C[C@@H]1C. The van der Waals surface area contributed by atoms with Crippen LogP contribution in [0, 0.1) is 17.8 Å². The van der Waals surface area contributed by atoms with Gasteiger partial charge in [-0.15, -0.1) is 0 Å². The summed E-state index contributed by atoms with van der Waals surface area (Å²) in [7, 11) is -0.231. The van der Waals surface area contributed by atoms with Crippen molar-refractivity contribution in [1.29, 1.82) is 0 Å². The first-order valence-electron chi connectivity index (χ1n) is 14.5. The predicted octanol–water partition coefficient (Wildman–Crippen LogP) is 7.14. The molecule has 1 unspecified atom stereocenters. The number of rotatable bonds is 2. The van der Waals surface area contributed by atoms with Crippen LogP contribution >= 0.6 is 11.6 Å². The van der Waals surface area contributed by atoms with Gasteiger partial charge in [-0.05, 0) is 84.9 Å². The highest BCUT2D eigenvalue weighted by atomic mass is 35.5. The fourth-order valence-electron chi connectivity index (χ4n) is 5.88. The number of hydrogen-bond donors (Lipinski definition) is 1. The second kappa shape index (κ2) is 14.5. The van der Waals surface area contributed by atoms with Gasteiger partial charge in [0.2, 0.25) is 0 Å². The minimum absolute atomic E-state index is 0.0304. The van der Waals surface area contributed by atoms with Gasteiger partial charge in [-0.2, -0.15) is 4.36 Å². The molecule has 0 N–H and O–H groups in total. The van der Waals surface area contributed by atoms with Crippen LogP contribution in [0.2, 0.25) is 5.02 Å². The number of halogens is 1. The molecule has 0 aromatic heterocycles. The van der Waals surface area contributed by atoms with Crippen LogP contribution in [-0.2, 0) is 28.3 Å². The summed E-state index contributed by atoms with van der Waals surface area (Å²) >= 11 is 6.41. The van der Waals surface area contributed by atoms with Gasteiger partial charge >= 0.3 is 0 Å². The van der Waals surface area contributed by atoms with E-state index in [1.54, 1.807) is 13.2 Å². The van der Waals surface area contributed by atoms with Gasteiger partial charge in [-0.3, -0.25) is 9.00 Å². The van der Waals surface area contributed by atoms with Gasteiger partial charge in [0.25, 0.3) is 5.91 Å².